The van der Waals surface area contributed by atoms with E-state index < -0.39 is 5.97 Å². The molecule has 0 radical (unpaired) electrons. The van der Waals surface area contributed by atoms with Crippen LogP contribution in [0.5, 0.6) is 0 Å². The van der Waals surface area contributed by atoms with Crippen molar-refractivity contribution in [2.45, 2.75) is 71.2 Å². The SMILES string of the molecule is CC1CN(C(C(=O)N2CCCC(N(C)CC(=O)O)CC2)C(C)C)CC(C)O1. The fourth-order valence-electron chi connectivity index (χ4n) is 4.58. The van der Waals surface area contributed by atoms with Crippen LogP contribution in [0.3, 0.4) is 0 Å². The van der Waals surface area contributed by atoms with E-state index >= 15 is 0 Å². The van der Waals surface area contributed by atoms with Gasteiger partial charge < -0.3 is 14.7 Å². The Labute approximate surface area is 163 Å². The van der Waals surface area contributed by atoms with Crippen LogP contribution in [0.2, 0.25) is 0 Å². The molecule has 0 aromatic heterocycles. The number of morpholine rings is 1. The first-order valence-corrected chi connectivity index (χ1v) is 10.3. The van der Waals surface area contributed by atoms with E-state index in [0.29, 0.717) is 6.54 Å². The maximum atomic E-state index is 13.4. The highest BCUT2D eigenvalue weighted by Crippen LogP contribution is 2.23. The van der Waals surface area contributed by atoms with Crippen LogP contribution < -0.4 is 0 Å². The molecule has 0 aromatic rings. The standard InChI is InChI=1S/C20H37N3O4/c1-14(2)19(23-11-15(3)27-16(4)12-23)20(26)22-9-6-7-17(8-10-22)21(5)13-18(24)25/h14-17,19H,6-13H2,1-5H3,(H,24,25). The van der Waals surface area contributed by atoms with Gasteiger partial charge in [-0.2, -0.15) is 0 Å². The smallest absolute Gasteiger partial charge is 0.317 e. The highest BCUT2D eigenvalue weighted by Gasteiger charge is 2.37. The number of carboxylic acid groups (broad SMARTS) is 1. The number of hydrogen-bond acceptors (Lipinski definition) is 5. The van der Waals surface area contributed by atoms with Crippen LogP contribution >= 0.6 is 0 Å². The van der Waals surface area contributed by atoms with Crippen LogP contribution in [0, 0.1) is 5.92 Å². The molecule has 0 aliphatic carbocycles. The van der Waals surface area contributed by atoms with Crippen molar-refractivity contribution in [3.8, 4) is 0 Å². The number of hydrogen-bond donors (Lipinski definition) is 1. The van der Waals surface area contributed by atoms with Gasteiger partial charge in [0, 0.05) is 32.2 Å². The van der Waals surface area contributed by atoms with E-state index in [4.69, 9.17) is 9.84 Å². The van der Waals surface area contributed by atoms with Crippen LogP contribution in [-0.2, 0) is 14.3 Å². The van der Waals surface area contributed by atoms with E-state index in [1.165, 1.54) is 0 Å². The molecule has 1 amide bonds. The van der Waals surface area contributed by atoms with Crippen molar-refractivity contribution in [1.82, 2.24) is 14.7 Å². The summed E-state index contributed by atoms with van der Waals surface area (Å²) in [7, 11) is 1.86. The van der Waals surface area contributed by atoms with Gasteiger partial charge >= 0.3 is 5.97 Å². The van der Waals surface area contributed by atoms with E-state index in [1.807, 2.05) is 16.8 Å². The number of carboxylic acids is 1. The summed E-state index contributed by atoms with van der Waals surface area (Å²) in [6.07, 6.45) is 2.96. The van der Waals surface area contributed by atoms with Gasteiger partial charge in [0.15, 0.2) is 0 Å². The Bertz CT molecular complexity index is 503. The molecular weight excluding hydrogens is 346 g/mol. The fourth-order valence-corrected chi connectivity index (χ4v) is 4.58. The van der Waals surface area contributed by atoms with Crippen molar-refractivity contribution in [3.05, 3.63) is 0 Å². The molecule has 2 aliphatic rings. The van der Waals surface area contributed by atoms with Crippen molar-refractivity contribution in [3.63, 3.8) is 0 Å². The third-order valence-electron chi connectivity index (χ3n) is 5.74. The lowest BCUT2D eigenvalue weighted by Gasteiger charge is -2.42. The van der Waals surface area contributed by atoms with Crippen LogP contribution in [0.4, 0.5) is 0 Å². The lowest BCUT2D eigenvalue weighted by Crippen LogP contribution is -2.57. The second-order valence-corrected chi connectivity index (χ2v) is 8.62. The first kappa shape index (κ1) is 22.1. The number of amides is 1. The molecule has 4 atom stereocenters. The summed E-state index contributed by atoms with van der Waals surface area (Å²) in [5, 5.41) is 9.02. The molecule has 2 saturated heterocycles. The van der Waals surface area contributed by atoms with Gasteiger partial charge in [-0.05, 0) is 46.1 Å². The zero-order valence-corrected chi connectivity index (χ0v) is 17.6. The minimum absolute atomic E-state index is 0.0524. The molecule has 4 unspecified atom stereocenters. The Morgan fingerprint density at radius 2 is 1.78 bits per heavy atom. The minimum Gasteiger partial charge on any atom is -0.480 e. The minimum atomic E-state index is -0.801. The van der Waals surface area contributed by atoms with E-state index in [-0.39, 0.29) is 42.7 Å². The fraction of sp³-hybridized carbons (Fsp3) is 0.900. The Morgan fingerprint density at radius 3 is 2.33 bits per heavy atom. The highest BCUT2D eigenvalue weighted by atomic mass is 16.5. The zero-order valence-electron chi connectivity index (χ0n) is 17.6. The molecule has 0 saturated carbocycles. The maximum absolute atomic E-state index is 13.4. The second kappa shape index (κ2) is 9.85. The molecule has 2 fully saturated rings. The maximum Gasteiger partial charge on any atom is 0.317 e. The molecule has 0 bridgehead atoms. The van der Waals surface area contributed by atoms with Crippen LogP contribution in [0.25, 0.3) is 0 Å². The summed E-state index contributed by atoms with van der Waals surface area (Å²) in [5.74, 6) is -0.346. The molecule has 2 heterocycles. The molecule has 7 heteroatoms. The van der Waals surface area contributed by atoms with E-state index in [9.17, 15) is 9.59 Å². The Hall–Kier alpha value is -1.18. The first-order chi connectivity index (χ1) is 12.7. The van der Waals surface area contributed by atoms with Gasteiger partial charge in [0.2, 0.25) is 5.91 Å². The highest BCUT2D eigenvalue weighted by molar-refractivity contribution is 5.82. The molecule has 2 rings (SSSR count). The molecule has 7 nitrogen and oxygen atoms in total. The summed E-state index contributed by atoms with van der Waals surface area (Å²) >= 11 is 0. The Balaban J connectivity index is 2.02. The predicted octanol–water partition coefficient (Wildman–Crippen LogP) is 1.52. The number of nitrogens with zero attached hydrogens (tertiary/aromatic N) is 3. The topological polar surface area (TPSA) is 73.3 Å². The number of likely N-dealkylation sites (tertiary alicyclic amines) is 1. The summed E-state index contributed by atoms with van der Waals surface area (Å²) in [4.78, 5) is 30.6. The van der Waals surface area contributed by atoms with Gasteiger partial charge in [-0.15, -0.1) is 0 Å². The van der Waals surface area contributed by atoms with Gasteiger partial charge in [0.25, 0.3) is 0 Å². The molecule has 0 aromatic carbocycles. The summed E-state index contributed by atoms with van der Waals surface area (Å²) in [6, 6.07) is 0.104. The van der Waals surface area contributed by atoms with Crippen molar-refractivity contribution in [2.24, 2.45) is 5.92 Å². The third kappa shape index (κ3) is 6.16. The van der Waals surface area contributed by atoms with Gasteiger partial charge in [0.05, 0.1) is 24.8 Å². The van der Waals surface area contributed by atoms with Crippen LogP contribution in [-0.4, -0.2) is 95.7 Å². The van der Waals surface area contributed by atoms with Gasteiger partial charge in [-0.25, -0.2) is 0 Å². The van der Waals surface area contributed by atoms with Gasteiger partial charge in [-0.3, -0.25) is 19.4 Å². The molecule has 0 spiro atoms. The quantitative estimate of drug-likeness (QED) is 0.750. The Kier molecular flexibility index (Phi) is 8.06. The lowest BCUT2D eigenvalue weighted by molar-refractivity contribution is -0.145. The number of aliphatic carboxylic acids is 1. The molecule has 27 heavy (non-hydrogen) atoms. The number of ether oxygens (including phenoxy) is 1. The van der Waals surface area contributed by atoms with Gasteiger partial charge in [0.1, 0.15) is 0 Å². The number of likely N-dealkylation sites (N-methyl/N-ethyl adjacent to an activating group) is 1. The number of carbonyl (C=O) groups excluding carboxylic acids is 1. The van der Waals surface area contributed by atoms with Crippen molar-refractivity contribution < 1.29 is 19.4 Å². The number of carbonyl (C=O) groups is 2. The van der Waals surface area contributed by atoms with Crippen LogP contribution in [0.15, 0.2) is 0 Å². The third-order valence-corrected chi connectivity index (χ3v) is 5.74. The van der Waals surface area contributed by atoms with E-state index in [1.54, 1.807) is 0 Å². The van der Waals surface area contributed by atoms with Crippen molar-refractivity contribution >= 4 is 11.9 Å². The summed E-state index contributed by atoms with van der Waals surface area (Å²) in [6.45, 7) is 11.5. The average molecular weight is 384 g/mol. The molecule has 156 valence electrons. The second-order valence-electron chi connectivity index (χ2n) is 8.62. The summed E-state index contributed by atoms with van der Waals surface area (Å²) < 4.78 is 5.84. The van der Waals surface area contributed by atoms with Crippen LogP contribution in [0.1, 0.15) is 47.0 Å². The number of rotatable bonds is 6. The first-order valence-electron chi connectivity index (χ1n) is 10.3. The lowest BCUT2D eigenvalue weighted by atomic mass is 9.99. The van der Waals surface area contributed by atoms with Crippen molar-refractivity contribution in [2.75, 3.05) is 39.8 Å². The monoisotopic (exact) mass is 383 g/mol. The molecule has 2 aliphatic heterocycles. The summed E-state index contributed by atoms with van der Waals surface area (Å²) in [5.41, 5.74) is 0. The largest absolute Gasteiger partial charge is 0.480 e. The van der Waals surface area contributed by atoms with E-state index in [0.717, 1.165) is 38.9 Å². The Morgan fingerprint density at radius 1 is 1.15 bits per heavy atom. The van der Waals surface area contributed by atoms with Crippen molar-refractivity contribution in [1.29, 1.82) is 0 Å². The molecular formula is C20H37N3O4. The average Bonchev–Trinajstić information content (AvgIpc) is 2.79. The van der Waals surface area contributed by atoms with Gasteiger partial charge in [-0.1, -0.05) is 13.8 Å². The van der Waals surface area contributed by atoms with E-state index in [2.05, 4.69) is 32.6 Å². The molecule has 1 N–H and O–H groups in total. The predicted molar refractivity (Wildman–Crippen MR) is 105 cm³/mol. The normalized spacial score (nSPS) is 29.0. The zero-order chi connectivity index (χ0) is 20.1.